The molecule has 1 aromatic carbocycles. The van der Waals surface area contributed by atoms with E-state index in [1.165, 1.54) is 0 Å². The monoisotopic (exact) mass is 299 g/mol. The number of aliphatic hydroxyl groups is 1. The van der Waals surface area contributed by atoms with Gasteiger partial charge in [0, 0.05) is 6.42 Å². The Kier molecular flexibility index (Phi) is 4.29. The Balaban J connectivity index is 1.53. The second kappa shape index (κ2) is 6.36. The summed E-state index contributed by atoms with van der Waals surface area (Å²) in [6, 6.07) is 13.5. The summed E-state index contributed by atoms with van der Waals surface area (Å²) in [5.41, 5.74) is 0.0625. The molecule has 2 aromatic rings. The van der Waals surface area contributed by atoms with E-state index in [1.54, 1.807) is 18.4 Å². The van der Waals surface area contributed by atoms with Gasteiger partial charge in [-0.05, 0) is 42.9 Å². The zero-order valence-corrected chi connectivity index (χ0v) is 12.5. The van der Waals surface area contributed by atoms with Crippen LogP contribution in [-0.4, -0.2) is 17.6 Å². The fourth-order valence-corrected chi connectivity index (χ4v) is 2.74. The molecule has 1 heterocycles. The highest BCUT2D eigenvalue weighted by Crippen LogP contribution is 2.45. The van der Waals surface area contributed by atoms with Gasteiger partial charge in [-0.2, -0.15) is 0 Å². The van der Waals surface area contributed by atoms with Crippen LogP contribution in [0, 0.1) is 5.92 Å². The average molecular weight is 299 g/mol. The molecule has 0 saturated heterocycles. The molecule has 4 heteroatoms. The first-order valence-electron chi connectivity index (χ1n) is 7.75. The fourth-order valence-electron chi connectivity index (χ4n) is 2.74. The molecule has 1 aromatic heterocycles. The first-order valence-corrected chi connectivity index (χ1v) is 7.75. The lowest BCUT2D eigenvalue weighted by Gasteiger charge is -2.26. The summed E-state index contributed by atoms with van der Waals surface area (Å²) in [7, 11) is 0. The molecule has 0 bridgehead atoms. The Bertz CT molecular complexity index is 605. The second-order valence-electron chi connectivity index (χ2n) is 5.94. The average Bonchev–Trinajstić information content (AvgIpc) is 3.26. The minimum absolute atomic E-state index is 0.0468. The number of carbonyl (C=O) groups is 1. The number of hydrogen-bond donors (Lipinski definition) is 2. The van der Waals surface area contributed by atoms with Crippen molar-refractivity contribution in [1.82, 2.24) is 5.32 Å². The Labute approximate surface area is 130 Å². The van der Waals surface area contributed by atoms with Crippen molar-refractivity contribution in [1.29, 1.82) is 0 Å². The highest BCUT2D eigenvalue weighted by atomic mass is 16.4. The van der Waals surface area contributed by atoms with E-state index < -0.39 is 5.60 Å². The van der Waals surface area contributed by atoms with Crippen molar-refractivity contribution in [2.45, 2.75) is 31.3 Å². The molecule has 1 saturated carbocycles. The van der Waals surface area contributed by atoms with Crippen molar-refractivity contribution >= 4 is 5.91 Å². The number of aryl methyl sites for hydroxylation is 1. The number of carbonyl (C=O) groups excluding carboxylic acids is 1. The third-order valence-electron chi connectivity index (χ3n) is 4.24. The number of rotatable bonds is 7. The number of amides is 1. The lowest BCUT2D eigenvalue weighted by Crippen LogP contribution is -2.42. The van der Waals surface area contributed by atoms with Crippen LogP contribution in [0.3, 0.4) is 0 Å². The molecule has 4 nitrogen and oxygen atoms in total. The van der Waals surface area contributed by atoms with Gasteiger partial charge in [-0.25, -0.2) is 0 Å². The molecule has 2 N–H and O–H groups in total. The summed E-state index contributed by atoms with van der Waals surface area (Å²) in [6.45, 7) is 0.207. The summed E-state index contributed by atoms with van der Waals surface area (Å²) >= 11 is 0. The van der Waals surface area contributed by atoms with Crippen LogP contribution in [-0.2, 0) is 16.8 Å². The highest BCUT2D eigenvalue weighted by Gasteiger charge is 2.47. The molecular weight excluding hydrogens is 278 g/mol. The summed E-state index contributed by atoms with van der Waals surface area (Å²) in [5.74, 6) is 0.668. The Morgan fingerprint density at radius 1 is 1.23 bits per heavy atom. The van der Waals surface area contributed by atoms with Gasteiger partial charge in [-0.15, -0.1) is 0 Å². The third kappa shape index (κ3) is 3.39. The molecular formula is C18H21NO3. The molecule has 22 heavy (non-hydrogen) atoms. The third-order valence-corrected chi connectivity index (χ3v) is 4.24. The first-order chi connectivity index (χ1) is 10.7. The van der Waals surface area contributed by atoms with Gasteiger partial charge in [0.2, 0.25) is 5.91 Å². The van der Waals surface area contributed by atoms with E-state index in [2.05, 4.69) is 5.32 Å². The molecule has 1 atom stereocenters. The van der Waals surface area contributed by atoms with Crippen molar-refractivity contribution in [3.05, 3.63) is 60.1 Å². The maximum atomic E-state index is 12.0. The van der Waals surface area contributed by atoms with Crippen molar-refractivity contribution in [2.24, 2.45) is 5.92 Å². The quantitative estimate of drug-likeness (QED) is 0.826. The number of furan rings is 1. The highest BCUT2D eigenvalue weighted by molar-refractivity contribution is 5.76. The van der Waals surface area contributed by atoms with Crippen LogP contribution in [0.25, 0.3) is 0 Å². The van der Waals surface area contributed by atoms with E-state index in [1.807, 2.05) is 30.3 Å². The molecule has 0 spiro atoms. The molecule has 0 aliphatic heterocycles. The second-order valence-corrected chi connectivity index (χ2v) is 5.94. The van der Waals surface area contributed by atoms with E-state index in [0.29, 0.717) is 18.6 Å². The van der Waals surface area contributed by atoms with Gasteiger partial charge in [0.15, 0.2) is 0 Å². The number of benzene rings is 1. The van der Waals surface area contributed by atoms with Gasteiger partial charge in [0.05, 0.1) is 12.8 Å². The summed E-state index contributed by atoms with van der Waals surface area (Å²) in [5, 5.41) is 13.7. The van der Waals surface area contributed by atoms with Crippen LogP contribution < -0.4 is 5.32 Å². The predicted octanol–water partition coefficient (Wildman–Crippen LogP) is 2.63. The summed E-state index contributed by atoms with van der Waals surface area (Å²) in [4.78, 5) is 12.0. The summed E-state index contributed by atoms with van der Waals surface area (Å²) in [6.07, 6.45) is 4.62. The lowest BCUT2D eigenvalue weighted by atomic mass is 9.94. The van der Waals surface area contributed by atoms with Gasteiger partial charge >= 0.3 is 0 Å². The smallest absolute Gasteiger partial charge is 0.220 e. The van der Waals surface area contributed by atoms with Crippen LogP contribution in [0.15, 0.2) is 53.1 Å². The molecule has 1 amide bonds. The van der Waals surface area contributed by atoms with Crippen LogP contribution in [0.5, 0.6) is 0 Å². The first kappa shape index (κ1) is 14.9. The van der Waals surface area contributed by atoms with Crippen LogP contribution >= 0.6 is 0 Å². The minimum atomic E-state index is -1.08. The SMILES string of the molecule is O=C(CCc1ccccc1)NC[C@](O)(c1ccco1)C1CC1. The normalized spacial score (nSPS) is 17.0. The standard InChI is InChI=1S/C18H21NO3/c20-17(11-8-14-5-2-1-3-6-14)19-13-18(21,15-9-10-15)16-7-4-12-22-16/h1-7,12,15,21H,8-11,13H2,(H,19,20)/t18-/m1/s1. The van der Waals surface area contributed by atoms with Crippen LogP contribution in [0.4, 0.5) is 0 Å². The van der Waals surface area contributed by atoms with Gasteiger partial charge in [0.1, 0.15) is 11.4 Å². The van der Waals surface area contributed by atoms with Gasteiger partial charge in [-0.3, -0.25) is 4.79 Å². The van der Waals surface area contributed by atoms with E-state index in [4.69, 9.17) is 4.42 Å². The van der Waals surface area contributed by atoms with Crippen molar-refractivity contribution < 1.29 is 14.3 Å². The van der Waals surface area contributed by atoms with Crippen molar-refractivity contribution in [3.63, 3.8) is 0 Å². The maximum absolute atomic E-state index is 12.0. The molecule has 1 aliphatic rings. The van der Waals surface area contributed by atoms with Gasteiger partial charge < -0.3 is 14.8 Å². The lowest BCUT2D eigenvalue weighted by molar-refractivity contribution is -0.123. The molecule has 3 rings (SSSR count). The molecule has 0 unspecified atom stereocenters. The van der Waals surface area contributed by atoms with E-state index in [9.17, 15) is 9.90 Å². The van der Waals surface area contributed by atoms with E-state index in [-0.39, 0.29) is 18.4 Å². The van der Waals surface area contributed by atoms with Gasteiger partial charge in [0.25, 0.3) is 0 Å². The van der Waals surface area contributed by atoms with Crippen molar-refractivity contribution in [2.75, 3.05) is 6.54 Å². The Hall–Kier alpha value is -2.07. The molecule has 116 valence electrons. The predicted molar refractivity (Wildman–Crippen MR) is 83.1 cm³/mol. The minimum Gasteiger partial charge on any atom is -0.466 e. The van der Waals surface area contributed by atoms with Gasteiger partial charge in [-0.1, -0.05) is 30.3 Å². The number of hydrogen-bond acceptors (Lipinski definition) is 3. The molecule has 0 radical (unpaired) electrons. The zero-order valence-electron chi connectivity index (χ0n) is 12.5. The van der Waals surface area contributed by atoms with E-state index in [0.717, 1.165) is 18.4 Å². The largest absolute Gasteiger partial charge is 0.466 e. The van der Waals surface area contributed by atoms with Crippen LogP contribution in [0.2, 0.25) is 0 Å². The molecule has 1 aliphatic carbocycles. The fraction of sp³-hybridized carbons (Fsp3) is 0.389. The van der Waals surface area contributed by atoms with Crippen LogP contribution in [0.1, 0.15) is 30.6 Å². The van der Waals surface area contributed by atoms with Crippen molar-refractivity contribution in [3.8, 4) is 0 Å². The van der Waals surface area contributed by atoms with E-state index >= 15 is 0 Å². The Morgan fingerprint density at radius 3 is 2.64 bits per heavy atom. The molecule has 1 fully saturated rings. The Morgan fingerprint density at radius 2 is 2.00 bits per heavy atom. The topological polar surface area (TPSA) is 62.5 Å². The zero-order chi connectivity index (χ0) is 15.4. The summed E-state index contributed by atoms with van der Waals surface area (Å²) < 4.78 is 5.36. The number of nitrogens with one attached hydrogen (secondary N) is 1. The maximum Gasteiger partial charge on any atom is 0.220 e.